The van der Waals surface area contributed by atoms with E-state index in [-0.39, 0.29) is 0 Å². The largest absolute Gasteiger partial charge is 0.135 e. The van der Waals surface area contributed by atoms with Crippen LogP contribution in [0.15, 0.2) is 170 Å². The van der Waals surface area contributed by atoms with Gasteiger partial charge in [-0.3, -0.25) is 0 Å². The molecule has 0 N–H and O–H groups in total. The van der Waals surface area contributed by atoms with Gasteiger partial charge in [-0.1, -0.05) is 170 Å². The number of thiophene rings is 1. The fourth-order valence-electron chi connectivity index (χ4n) is 9.84. The summed E-state index contributed by atoms with van der Waals surface area (Å²) >= 11 is 1.90. The van der Waals surface area contributed by atoms with Gasteiger partial charge < -0.3 is 0 Å². The summed E-state index contributed by atoms with van der Waals surface area (Å²) in [7, 11) is 0. The molecule has 8 aromatic carbocycles. The fraction of sp³-hybridized carbons (Fsp3) is 0.103. The van der Waals surface area contributed by atoms with E-state index in [9.17, 15) is 0 Å². The monoisotopic (exact) mass is 776 g/mol. The lowest BCUT2D eigenvalue weighted by atomic mass is 9.80. The maximum atomic E-state index is 4.46. The highest BCUT2D eigenvalue weighted by Gasteiger charge is 2.25. The standard InChI is InChI=1S/C58H48S/c1-9-21-36(6)51(35(4)5)56-39(11-3)40(22-10-2)54(43-27-14-15-28-44(43)56)48-32-19-33-49-55-47(31-20-34-50(55)59-58(48)49)53-41-25-12-16-29-45(41)57(46-30-17-13-26-42(46)53)52-37(7)23-18-24-38(52)8/h9-34H,1,3H2,2,4-8H3/b22-10-,36-21-. The lowest BCUT2D eigenvalue weighted by molar-refractivity contribution is 1.35. The van der Waals surface area contributed by atoms with Gasteiger partial charge in [0.2, 0.25) is 0 Å². The summed E-state index contributed by atoms with van der Waals surface area (Å²) < 4.78 is 2.57. The predicted molar refractivity (Wildman–Crippen MR) is 265 cm³/mol. The Morgan fingerprint density at radius 1 is 0.525 bits per heavy atom. The number of allylic oxidation sites excluding steroid dienone is 6. The first-order valence-electron chi connectivity index (χ1n) is 20.5. The van der Waals surface area contributed by atoms with Crippen LogP contribution in [0.25, 0.3) is 104 Å². The Bertz CT molecular complexity index is 3220. The molecule has 0 radical (unpaired) electrons. The van der Waals surface area contributed by atoms with Gasteiger partial charge in [-0.05, 0) is 147 Å². The highest BCUT2D eigenvalue weighted by Crippen LogP contribution is 2.52. The highest BCUT2D eigenvalue weighted by atomic mass is 32.1. The molecule has 59 heavy (non-hydrogen) atoms. The Labute approximate surface area is 352 Å². The molecule has 0 aliphatic rings. The van der Waals surface area contributed by atoms with Crippen LogP contribution in [0.1, 0.15) is 55.5 Å². The molecular weight excluding hydrogens is 729 g/mol. The molecule has 0 aliphatic carbocycles. The van der Waals surface area contributed by atoms with Crippen molar-refractivity contribution >= 4 is 81.6 Å². The first-order chi connectivity index (χ1) is 28.8. The molecule has 286 valence electrons. The fourth-order valence-corrected chi connectivity index (χ4v) is 11.1. The van der Waals surface area contributed by atoms with Crippen LogP contribution < -0.4 is 0 Å². The molecule has 1 heterocycles. The van der Waals surface area contributed by atoms with Crippen LogP contribution in [0.5, 0.6) is 0 Å². The molecule has 0 spiro atoms. The first kappa shape index (κ1) is 38.0. The molecule has 0 bridgehead atoms. The van der Waals surface area contributed by atoms with Crippen molar-refractivity contribution in [3.8, 4) is 33.4 Å². The van der Waals surface area contributed by atoms with Crippen LogP contribution >= 0.6 is 11.3 Å². The van der Waals surface area contributed by atoms with Gasteiger partial charge in [-0.25, -0.2) is 0 Å². The SMILES string of the molecule is C=C/C=C(/C)C(=C(C)C)c1c(C=C)c(/C=C\C)c(-c2cccc3c2sc2cccc(-c4c5ccccc5c(-c5c(C)cccc5C)c5ccccc45)c23)c2ccccc12. The van der Waals surface area contributed by atoms with Gasteiger partial charge >= 0.3 is 0 Å². The Balaban J connectivity index is 1.40. The van der Waals surface area contributed by atoms with Crippen LogP contribution in [0.3, 0.4) is 0 Å². The van der Waals surface area contributed by atoms with Gasteiger partial charge in [0.15, 0.2) is 0 Å². The van der Waals surface area contributed by atoms with E-state index in [0.29, 0.717) is 0 Å². The average molecular weight is 777 g/mol. The van der Waals surface area contributed by atoms with E-state index in [1.165, 1.54) is 125 Å². The van der Waals surface area contributed by atoms with Crippen molar-refractivity contribution < 1.29 is 0 Å². The van der Waals surface area contributed by atoms with Crippen molar-refractivity contribution in [1.82, 2.24) is 0 Å². The summed E-state index contributed by atoms with van der Waals surface area (Å²) in [6, 6.07) is 47.5. The van der Waals surface area contributed by atoms with E-state index in [1.807, 2.05) is 17.4 Å². The van der Waals surface area contributed by atoms with Crippen molar-refractivity contribution in [3.63, 3.8) is 0 Å². The predicted octanol–water partition coefficient (Wildman–Crippen LogP) is 17.7. The van der Waals surface area contributed by atoms with Crippen LogP contribution in [-0.2, 0) is 0 Å². The molecule has 1 aromatic heterocycles. The van der Waals surface area contributed by atoms with Crippen molar-refractivity contribution in [3.05, 3.63) is 198 Å². The summed E-state index contributed by atoms with van der Waals surface area (Å²) in [6.45, 7) is 21.7. The van der Waals surface area contributed by atoms with Gasteiger partial charge in [0, 0.05) is 25.7 Å². The molecular formula is C58H48S. The second-order valence-corrected chi connectivity index (χ2v) is 16.9. The minimum Gasteiger partial charge on any atom is -0.135 e. The summed E-state index contributed by atoms with van der Waals surface area (Å²) in [5, 5.41) is 10.1. The number of fused-ring (bicyclic) bond motifs is 6. The van der Waals surface area contributed by atoms with Crippen molar-refractivity contribution in [1.29, 1.82) is 0 Å². The van der Waals surface area contributed by atoms with E-state index < -0.39 is 0 Å². The molecule has 0 fully saturated rings. The van der Waals surface area contributed by atoms with E-state index >= 15 is 0 Å². The van der Waals surface area contributed by atoms with Crippen LogP contribution in [-0.4, -0.2) is 0 Å². The number of benzene rings is 8. The molecule has 9 rings (SSSR count). The quantitative estimate of drug-likeness (QED) is 0.106. The molecule has 0 aliphatic heterocycles. The van der Waals surface area contributed by atoms with Gasteiger partial charge in [-0.2, -0.15) is 0 Å². The van der Waals surface area contributed by atoms with E-state index in [1.54, 1.807) is 0 Å². The number of hydrogen-bond donors (Lipinski definition) is 0. The summed E-state index contributed by atoms with van der Waals surface area (Å²) in [4.78, 5) is 0. The van der Waals surface area contributed by atoms with E-state index in [2.05, 4.69) is 206 Å². The third kappa shape index (κ3) is 6.03. The van der Waals surface area contributed by atoms with Crippen LogP contribution in [0.2, 0.25) is 0 Å². The maximum Gasteiger partial charge on any atom is 0.0434 e. The molecule has 1 heteroatoms. The van der Waals surface area contributed by atoms with Crippen molar-refractivity contribution in [2.75, 3.05) is 0 Å². The second-order valence-electron chi connectivity index (χ2n) is 15.9. The number of aryl methyl sites for hydroxylation is 2. The zero-order valence-electron chi connectivity index (χ0n) is 34.8. The van der Waals surface area contributed by atoms with Gasteiger partial charge in [-0.15, -0.1) is 11.3 Å². The molecule has 0 unspecified atom stereocenters. The summed E-state index contributed by atoms with van der Waals surface area (Å²) in [6.07, 6.45) is 10.5. The number of hydrogen-bond acceptors (Lipinski definition) is 1. The minimum atomic E-state index is 1.14. The number of rotatable bonds is 8. The lowest BCUT2D eigenvalue weighted by Crippen LogP contribution is -2.01. The third-order valence-corrected chi connectivity index (χ3v) is 13.3. The first-order valence-corrected chi connectivity index (χ1v) is 21.4. The van der Waals surface area contributed by atoms with E-state index in [4.69, 9.17) is 0 Å². The third-order valence-electron chi connectivity index (χ3n) is 12.1. The van der Waals surface area contributed by atoms with Gasteiger partial charge in [0.25, 0.3) is 0 Å². The van der Waals surface area contributed by atoms with Crippen LogP contribution in [0, 0.1) is 13.8 Å². The second kappa shape index (κ2) is 15.3. The van der Waals surface area contributed by atoms with Gasteiger partial charge in [0.1, 0.15) is 0 Å². The normalized spacial score (nSPS) is 12.1. The Hall–Kier alpha value is -6.54. The summed E-state index contributed by atoms with van der Waals surface area (Å²) in [5.41, 5.74) is 17.5. The maximum absolute atomic E-state index is 4.46. The highest BCUT2D eigenvalue weighted by molar-refractivity contribution is 7.26. The molecule has 0 saturated carbocycles. The Morgan fingerprint density at radius 2 is 1.05 bits per heavy atom. The minimum absolute atomic E-state index is 1.14. The summed E-state index contributed by atoms with van der Waals surface area (Å²) in [5.74, 6) is 0. The van der Waals surface area contributed by atoms with Crippen molar-refractivity contribution in [2.45, 2.75) is 41.5 Å². The molecule has 0 nitrogen and oxygen atoms in total. The van der Waals surface area contributed by atoms with Crippen molar-refractivity contribution in [2.24, 2.45) is 0 Å². The zero-order valence-corrected chi connectivity index (χ0v) is 35.7. The molecule has 0 amide bonds. The lowest BCUT2D eigenvalue weighted by Gasteiger charge is -2.23. The smallest absolute Gasteiger partial charge is 0.0434 e. The Morgan fingerprint density at radius 3 is 1.63 bits per heavy atom. The molecule has 0 saturated heterocycles. The Kier molecular flexibility index (Phi) is 9.87. The molecule has 0 atom stereocenters. The molecule has 9 aromatic rings. The van der Waals surface area contributed by atoms with E-state index in [0.717, 1.165) is 5.56 Å². The van der Waals surface area contributed by atoms with Gasteiger partial charge in [0.05, 0.1) is 0 Å². The zero-order chi connectivity index (χ0) is 40.9. The van der Waals surface area contributed by atoms with Crippen LogP contribution in [0.4, 0.5) is 0 Å². The topological polar surface area (TPSA) is 0 Å². The average Bonchev–Trinajstić information content (AvgIpc) is 3.63.